The first-order valence-corrected chi connectivity index (χ1v) is 11.0. The Bertz CT molecular complexity index is 925. The smallest absolute Gasteiger partial charge is 0.247 e. The molecule has 156 valence electrons. The number of hydrogen-bond acceptors (Lipinski definition) is 5. The second kappa shape index (κ2) is 9.97. The summed E-state index contributed by atoms with van der Waals surface area (Å²) in [6.07, 6.45) is 2.71. The average Bonchev–Trinajstić information content (AvgIpc) is 2.68. The number of ether oxygens (including phenoxy) is 2. The molecule has 1 N–H and O–H groups in total. The summed E-state index contributed by atoms with van der Waals surface area (Å²) in [6.45, 7) is 7.87. The van der Waals surface area contributed by atoms with Gasteiger partial charge in [-0.3, -0.25) is 9.10 Å². The Morgan fingerprint density at radius 3 is 2.17 bits per heavy atom. The third kappa shape index (κ3) is 6.25. The van der Waals surface area contributed by atoms with E-state index in [9.17, 15) is 13.2 Å². The Labute approximate surface area is 172 Å². The van der Waals surface area contributed by atoms with Gasteiger partial charge < -0.3 is 14.8 Å². The molecule has 0 aliphatic heterocycles. The maximum absolute atomic E-state index is 12.7. The van der Waals surface area contributed by atoms with E-state index in [1.54, 1.807) is 54.6 Å². The van der Waals surface area contributed by atoms with Crippen LogP contribution in [0.4, 0.5) is 11.4 Å². The van der Waals surface area contributed by atoms with Crippen LogP contribution >= 0.6 is 0 Å². The zero-order valence-electron chi connectivity index (χ0n) is 16.8. The van der Waals surface area contributed by atoms with E-state index in [-0.39, 0.29) is 0 Å². The minimum atomic E-state index is -3.69. The maximum atomic E-state index is 12.7. The molecule has 0 aromatic heterocycles. The molecule has 0 saturated carbocycles. The van der Waals surface area contributed by atoms with Crippen LogP contribution in [0, 0.1) is 0 Å². The second-order valence-electron chi connectivity index (χ2n) is 6.28. The van der Waals surface area contributed by atoms with Gasteiger partial charge in [-0.05, 0) is 62.4 Å². The molecule has 7 nitrogen and oxygen atoms in total. The molecule has 0 heterocycles. The SMILES string of the molecule is C=CCOc1ccc(NC(=O)[C@H](C)N(c2ccc(OCC)cc2)S(C)(=O)=O)cc1. The van der Waals surface area contributed by atoms with Crippen LogP contribution in [0.2, 0.25) is 0 Å². The van der Waals surface area contributed by atoms with E-state index in [1.165, 1.54) is 6.92 Å². The van der Waals surface area contributed by atoms with Crippen LogP contribution in [0.5, 0.6) is 11.5 Å². The molecule has 2 rings (SSSR count). The van der Waals surface area contributed by atoms with Crippen molar-refractivity contribution in [2.45, 2.75) is 19.9 Å². The molecule has 0 aliphatic rings. The van der Waals surface area contributed by atoms with Crippen molar-refractivity contribution in [3.05, 3.63) is 61.2 Å². The third-order valence-corrected chi connectivity index (χ3v) is 5.22. The molecule has 0 bridgehead atoms. The Morgan fingerprint density at radius 2 is 1.66 bits per heavy atom. The minimum absolute atomic E-state index is 0.381. The molecular weight excluding hydrogens is 392 g/mol. The highest BCUT2D eigenvalue weighted by atomic mass is 32.2. The summed E-state index contributed by atoms with van der Waals surface area (Å²) >= 11 is 0. The number of benzene rings is 2. The van der Waals surface area contributed by atoms with E-state index in [1.807, 2.05) is 6.92 Å². The van der Waals surface area contributed by atoms with Gasteiger partial charge in [-0.2, -0.15) is 0 Å². The Morgan fingerprint density at radius 1 is 1.10 bits per heavy atom. The molecule has 0 fully saturated rings. The summed E-state index contributed by atoms with van der Waals surface area (Å²) in [7, 11) is -3.69. The van der Waals surface area contributed by atoms with Crippen LogP contribution in [0.15, 0.2) is 61.2 Å². The second-order valence-corrected chi connectivity index (χ2v) is 8.13. The van der Waals surface area contributed by atoms with Crippen LogP contribution in [-0.4, -0.2) is 39.8 Å². The van der Waals surface area contributed by atoms with E-state index >= 15 is 0 Å². The first-order valence-electron chi connectivity index (χ1n) is 9.13. The zero-order chi connectivity index (χ0) is 21.4. The fourth-order valence-electron chi connectivity index (χ4n) is 2.70. The highest BCUT2D eigenvalue weighted by Crippen LogP contribution is 2.25. The van der Waals surface area contributed by atoms with Crippen molar-refractivity contribution in [2.24, 2.45) is 0 Å². The van der Waals surface area contributed by atoms with Gasteiger partial charge in [0.1, 0.15) is 24.1 Å². The van der Waals surface area contributed by atoms with E-state index in [2.05, 4.69) is 11.9 Å². The molecular formula is C21H26N2O5S. The fourth-order valence-corrected chi connectivity index (χ4v) is 3.88. The van der Waals surface area contributed by atoms with E-state index in [4.69, 9.17) is 9.47 Å². The average molecular weight is 419 g/mol. The molecule has 0 unspecified atom stereocenters. The van der Waals surface area contributed by atoms with E-state index in [0.717, 1.165) is 10.6 Å². The number of carbonyl (C=O) groups excluding carboxylic acids is 1. The van der Waals surface area contributed by atoms with Crippen LogP contribution in [-0.2, 0) is 14.8 Å². The molecule has 1 amide bonds. The predicted octanol–water partition coefficient (Wildman–Crippen LogP) is 3.44. The number of rotatable bonds is 10. The first-order chi connectivity index (χ1) is 13.8. The minimum Gasteiger partial charge on any atom is -0.494 e. The summed E-state index contributed by atoms with van der Waals surface area (Å²) in [6, 6.07) is 12.4. The van der Waals surface area contributed by atoms with Gasteiger partial charge in [-0.1, -0.05) is 12.7 Å². The normalized spacial score (nSPS) is 12.0. The Hall–Kier alpha value is -3.00. The molecule has 8 heteroatoms. The molecule has 0 saturated heterocycles. The van der Waals surface area contributed by atoms with Crippen molar-refractivity contribution in [3.63, 3.8) is 0 Å². The topological polar surface area (TPSA) is 84.9 Å². The summed E-state index contributed by atoms with van der Waals surface area (Å²) < 4.78 is 36.6. The van der Waals surface area contributed by atoms with Crippen molar-refractivity contribution in [3.8, 4) is 11.5 Å². The summed E-state index contributed by atoms with van der Waals surface area (Å²) in [4.78, 5) is 12.7. The lowest BCUT2D eigenvalue weighted by Crippen LogP contribution is -2.45. The number of nitrogens with one attached hydrogen (secondary N) is 1. The molecule has 0 spiro atoms. The van der Waals surface area contributed by atoms with Crippen molar-refractivity contribution in [1.82, 2.24) is 0 Å². The summed E-state index contributed by atoms with van der Waals surface area (Å²) in [5.41, 5.74) is 0.916. The lowest BCUT2D eigenvalue weighted by atomic mass is 10.2. The Kier molecular flexibility index (Phi) is 7.67. The fraction of sp³-hybridized carbons (Fsp3) is 0.286. The summed E-state index contributed by atoms with van der Waals surface area (Å²) in [5, 5.41) is 2.73. The van der Waals surface area contributed by atoms with Gasteiger partial charge in [-0.15, -0.1) is 0 Å². The number of hydrogen-bond donors (Lipinski definition) is 1. The van der Waals surface area contributed by atoms with Gasteiger partial charge in [0, 0.05) is 5.69 Å². The molecule has 0 aliphatic carbocycles. The molecule has 1 atom stereocenters. The van der Waals surface area contributed by atoms with Crippen LogP contribution in [0.3, 0.4) is 0 Å². The lowest BCUT2D eigenvalue weighted by Gasteiger charge is -2.28. The van der Waals surface area contributed by atoms with E-state index < -0.39 is 22.0 Å². The number of carbonyl (C=O) groups is 1. The van der Waals surface area contributed by atoms with E-state index in [0.29, 0.717) is 36.1 Å². The molecule has 29 heavy (non-hydrogen) atoms. The van der Waals surface area contributed by atoms with Gasteiger partial charge in [0.2, 0.25) is 15.9 Å². The first kappa shape index (κ1) is 22.3. The molecule has 2 aromatic carbocycles. The largest absolute Gasteiger partial charge is 0.494 e. The van der Waals surface area contributed by atoms with Gasteiger partial charge in [0.15, 0.2) is 0 Å². The van der Waals surface area contributed by atoms with Crippen molar-refractivity contribution in [1.29, 1.82) is 0 Å². The van der Waals surface area contributed by atoms with Gasteiger partial charge in [0.25, 0.3) is 0 Å². The monoisotopic (exact) mass is 418 g/mol. The maximum Gasteiger partial charge on any atom is 0.247 e. The van der Waals surface area contributed by atoms with Crippen molar-refractivity contribution >= 4 is 27.3 Å². The predicted molar refractivity (Wildman–Crippen MR) is 115 cm³/mol. The molecule has 0 radical (unpaired) electrons. The van der Waals surface area contributed by atoms with Gasteiger partial charge in [-0.25, -0.2) is 8.42 Å². The number of amides is 1. The number of anilines is 2. The highest BCUT2D eigenvalue weighted by Gasteiger charge is 2.29. The van der Waals surface area contributed by atoms with Crippen molar-refractivity contribution < 1.29 is 22.7 Å². The Balaban J connectivity index is 2.17. The van der Waals surface area contributed by atoms with Gasteiger partial charge >= 0.3 is 0 Å². The zero-order valence-corrected chi connectivity index (χ0v) is 17.6. The lowest BCUT2D eigenvalue weighted by molar-refractivity contribution is -0.116. The quantitative estimate of drug-likeness (QED) is 0.598. The summed E-state index contributed by atoms with van der Waals surface area (Å²) in [5.74, 6) is 0.813. The highest BCUT2D eigenvalue weighted by molar-refractivity contribution is 7.92. The number of nitrogens with zero attached hydrogens (tertiary/aromatic N) is 1. The standard InChI is InChI=1S/C21H26N2O5S/c1-5-15-28-20-11-7-17(8-12-20)22-21(24)16(3)23(29(4,25)26)18-9-13-19(14-10-18)27-6-2/h5,7-14,16H,1,6,15H2,2-4H3,(H,22,24)/t16-/m0/s1. The third-order valence-electron chi connectivity index (χ3n) is 3.98. The van der Waals surface area contributed by atoms with Crippen LogP contribution in [0.1, 0.15) is 13.8 Å². The van der Waals surface area contributed by atoms with Crippen molar-refractivity contribution in [2.75, 3.05) is 29.1 Å². The number of sulfonamides is 1. The van der Waals surface area contributed by atoms with Crippen LogP contribution in [0.25, 0.3) is 0 Å². The van der Waals surface area contributed by atoms with Gasteiger partial charge in [0.05, 0.1) is 18.6 Å². The van der Waals surface area contributed by atoms with Crippen LogP contribution < -0.4 is 19.1 Å². The molecule has 2 aromatic rings.